The SMILES string of the molecule is CCCn1nc(C)c(CN(Cc2ccccn2)Cc2ccco2)c1C. The summed E-state index contributed by atoms with van der Waals surface area (Å²) in [6.07, 6.45) is 4.66. The van der Waals surface area contributed by atoms with E-state index >= 15 is 0 Å². The molecule has 5 nitrogen and oxygen atoms in total. The Labute approximate surface area is 149 Å². The smallest absolute Gasteiger partial charge is 0.117 e. The zero-order valence-corrected chi connectivity index (χ0v) is 15.3. The molecule has 3 aromatic heterocycles. The van der Waals surface area contributed by atoms with Crippen LogP contribution in [-0.4, -0.2) is 19.7 Å². The average molecular weight is 338 g/mol. The molecule has 0 aromatic carbocycles. The molecule has 0 fully saturated rings. The van der Waals surface area contributed by atoms with Gasteiger partial charge in [-0.05, 0) is 44.5 Å². The van der Waals surface area contributed by atoms with Crippen LogP contribution < -0.4 is 0 Å². The second kappa shape index (κ2) is 8.12. The molecule has 0 saturated heterocycles. The monoisotopic (exact) mass is 338 g/mol. The predicted molar refractivity (Wildman–Crippen MR) is 97.9 cm³/mol. The van der Waals surface area contributed by atoms with Crippen LogP contribution in [-0.2, 0) is 26.2 Å². The minimum Gasteiger partial charge on any atom is -0.468 e. The first-order valence-electron chi connectivity index (χ1n) is 8.85. The van der Waals surface area contributed by atoms with Crippen LogP contribution >= 0.6 is 0 Å². The third-order valence-corrected chi connectivity index (χ3v) is 4.42. The second-order valence-corrected chi connectivity index (χ2v) is 6.42. The molecule has 0 bridgehead atoms. The summed E-state index contributed by atoms with van der Waals surface area (Å²) in [6, 6.07) is 10.00. The van der Waals surface area contributed by atoms with Crippen molar-refractivity contribution < 1.29 is 4.42 Å². The number of pyridine rings is 1. The second-order valence-electron chi connectivity index (χ2n) is 6.42. The van der Waals surface area contributed by atoms with E-state index in [1.54, 1.807) is 6.26 Å². The first-order chi connectivity index (χ1) is 12.2. The van der Waals surface area contributed by atoms with Crippen molar-refractivity contribution in [3.63, 3.8) is 0 Å². The van der Waals surface area contributed by atoms with Gasteiger partial charge in [-0.25, -0.2) is 0 Å². The van der Waals surface area contributed by atoms with Crippen LogP contribution in [0.5, 0.6) is 0 Å². The van der Waals surface area contributed by atoms with Crippen molar-refractivity contribution in [3.8, 4) is 0 Å². The maximum atomic E-state index is 5.56. The Morgan fingerprint density at radius 2 is 1.96 bits per heavy atom. The maximum Gasteiger partial charge on any atom is 0.117 e. The molecule has 0 aliphatic carbocycles. The number of hydrogen-bond acceptors (Lipinski definition) is 4. The van der Waals surface area contributed by atoms with Gasteiger partial charge in [0, 0.05) is 37.1 Å². The number of furan rings is 1. The molecule has 0 amide bonds. The molecule has 0 radical (unpaired) electrons. The lowest BCUT2D eigenvalue weighted by molar-refractivity contribution is 0.223. The normalized spacial score (nSPS) is 11.4. The molecule has 0 aliphatic heterocycles. The molecule has 0 atom stereocenters. The summed E-state index contributed by atoms with van der Waals surface area (Å²) in [5.74, 6) is 0.965. The number of nitrogens with zero attached hydrogens (tertiary/aromatic N) is 4. The zero-order chi connectivity index (χ0) is 17.6. The van der Waals surface area contributed by atoms with Gasteiger partial charge in [0.1, 0.15) is 5.76 Å². The molecule has 0 N–H and O–H groups in total. The summed E-state index contributed by atoms with van der Waals surface area (Å²) >= 11 is 0. The minimum absolute atomic E-state index is 0.751. The summed E-state index contributed by atoms with van der Waals surface area (Å²) in [5.41, 5.74) is 4.72. The third-order valence-electron chi connectivity index (χ3n) is 4.42. The maximum absolute atomic E-state index is 5.56. The Hall–Kier alpha value is -2.40. The van der Waals surface area contributed by atoms with Gasteiger partial charge in [0.2, 0.25) is 0 Å². The van der Waals surface area contributed by atoms with E-state index < -0.39 is 0 Å². The lowest BCUT2D eigenvalue weighted by Gasteiger charge is -2.21. The summed E-state index contributed by atoms with van der Waals surface area (Å²) in [4.78, 5) is 6.83. The Bertz CT molecular complexity index is 778. The standard InChI is InChI=1S/C20H26N4O/c1-4-11-24-17(3)20(16(2)22-24)15-23(14-19-9-7-12-25-19)13-18-8-5-6-10-21-18/h5-10,12H,4,11,13-15H2,1-3H3. The Morgan fingerprint density at radius 3 is 2.64 bits per heavy atom. The summed E-state index contributed by atoms with van der Waals surface area (Å²) in [7, 11) is 0. The minimum atomic E-state index is 0.751. The van der Waals surface area contributed by atoms with Crippen molar-refractivity contribution in [1.29, 1.82) is 0 Å². The van der Waals surface area contributed by atoms with Gasteiger partial charge in [-0.3, -0.25) is 14.6 Å². The van der Waals surface area contributed by atoms with Crippen molar-refractivity contribution in [2.45, 2.75) is 53.4 Å². The summed E-state index contributed by atoms with van der Waals surface area (Å²) in [6.45, 7) is 9.77. The molecule has 0 saturated carbocycles. The fraction of sp³-hybridized carbons (Fsp3) is 0.400. The highest BCUT2D eigenvalue weighted by molar-refractivity contribution is 5.24. The van der Waals surface area contributed by atoms with E-state index in [4.69, 9.17) is 9.52 Å². The number of aryl methyl sites for hydroxylation is 2. The molecule has 5 heteroatoms. The molecule has 0 unspecified atom stereocenters. The summed E-state index contributed by atoms with van der Waals surface area (Å²) in [5, 5.41) is 4.71. The van der Waals surface area contributed by atoms with Gasteiger partial charge in [0.25, 0.3) is 0 Å². The predicted octanol–water partition coefficient (Wildman–Crippen LogP) is 4.10. The first-order valence-corrected chi connectivity index (χ1v) is 8.85. The van der Waals surface area contributed by atoms with Crippen LogP contribution in [0, 0.1) is 13.8 Å². The van der Waals surface area contributed by atoms with Gasteiger partial charge in [-0.1, -0.05) is 13.0 Å². The van der Waals surface area contributed by atoms with Gasteiger partial charge in [-0.15, -0.1) is 0 Å². The van der Waals surface area contributed by atoms with E-state index in [-0.39, 0.29) is 0 Å². The lowest BCUT2D eigenvalue weighted by atomic mass is 10.1. The molecule has 25 heavy (non-hydrogen) atoms. The van der Waals surface area contributed by atoms with E-state index in [2.05, 4.69) is 41.4 Å². The van der Waals surface area contributed by atoms with Crippen molar-refractivity contribution in [3.05, 3.63) is 71.2 Å². The van der Waals surface area contributed by atoms with Crippen molar-refractivity contribution in [2.24, 2.45) is 0 Å². The van der Waals surface area contributed by atoms with E-state index in [1.807, 2.05) is 30.5 Å². The Morgan fingerprint density at radius 1 is 1.08 bits per heavy atom. The van der Waals surface area contributed by atoms with Crippen LogP contribution in [0.2, 0.25) is 0 Å². The quantitative estimate of drug-likeness (QED) is 0.620. The molecular weight excluding hydrogens is 312 g/mol. The Balaban J connectivity index is 1.82. The van der Waals surface area contributed by atoms with Crippen LogP contribution in [0.1, 0.15) is 41.8 Å². The van der Waals surface area contributed by atoms with E-state index in [0.717, 1.165) is 49.7 Å². The first kappa shape index (κ1) is 17.4. The summed E-state index contributed by atoms with van der Waals surface area (Å²) < 4.78 is 7.68. The molecule has 3 rings (SSSR count). The van der Waals surface area contributed by atoms with Gasteiger partial charge in [-0.2, -0.15) is 5.10 Å². The van der Waals surface area contributed by atoms with Crippen LogP contribution in [0.3, 0.4) is 0 Å². The molecule has 132 valence electrons. The number of hydrogen-bond donors (Lipinski definition) is 0. The van der Waals surface area contributed by atoms with Crippen molar-refractivity contribution >= 4 is 0 Å². The van der Waals surface area contributed by atoms with Crippen LogP contribution in [0.4, 0.5) is 0 Å². The largest absolute Gasteiger partial charge is 0.468 e. The zero-order valence-electron chi connectivity index (χ0n) is 15.3. The van der Waals surface area contributed by atoms with Crippen molar-refractivity contribution in [2.75, 3.05) is 0 Å². The average Bonchev–Trinajstić information content (AvgIpc) is 3.20. The molecule has 0 aliphatic rings. The highest BCUT2D eigenvalue weighted by atomic mass is 16.3. The van der Waals surface area contributed by atoms with Gasteiger partial charge in [0.05, 0.1) is 24.2 Å². The highest BCUT2D eigenvalue weighted by Crippen LogP contribution is 2.19. The van der Waals surface area contributed by atoms with Crippen LogP contribution in [0.15, 0.2) is 47.2 Å². The Kier molecular flexibility index (Phi) is 5.66. The van der Waals surface area contributed by atoms with E-state index in [1.165, 1.54) is 11.3 Å². The van der Waals surface area contributed by atoms with Crippen LogP contribution in [0.25, 0.3) is 0 Å². The lowest BCUT2D eigenvalue weighted by Crippen LogP contribution is -2.23. The van der Waals surface area contributed by atoms with Gasteiger partial charge >= 0.3 is 0 Å². The fourth-order valence-electron chi connectivity index (χ4n) is 3.13. The van der Waals surface area contributed by atoms with E-state index in [9.17, 15) is 0 Å². The molecule has 0 spiro atoms. The molecule has 3 heterocycles. The molecule has 3 aromatic rings. The number of aromatic nitrogens is 3. The molecular formula is C20H26N4O. The number of rotatable bonds is 8. The van der Waals surface area contributed by atoms with E-state index in [0.29, 0.717) is 0 Å². The topological polar surface area (TPSA) is 47.1 Å². The van der Waals surface area contributed by atoms with Gasteiger partial charge in [0.15, 0.2) is 0 Å². The van der Waals surface area contributed by atoms with Gasteiger partial charge < -0.3 is 4.42 Å². The third kappa shape index (κ3) is 4.37. The van der Waals surface area contributed by atoms with Crippen molar-refractivity contribution in [1.82, 2.24) is 19.7 Å². The highest BCUT2D eigenvalue weighted by Gasteiger charge is 2.17. The fourth-order valence-corrected chi connectivity index (χ4v) is 3.13.